The maximum atomic E-state index is 10.3. The van der Waals surface area contributed by atoms with Crippen molar-refractivity contribution in [3.8, 4) is 6.07 Å². The van der Waals surface area contributed by atoms with Gasteiger partial charge in [-0.3, -0.25) is 4.79 Å². The molecule has 0 aromatic carbocycles. The van der Waals surface area contributed by atoms with E-state index < -0.39 is 12.0 Å². The molecule has 2 unspecified atom stereocenters. The molecule has 4 heteroatoms. The van der Waals surface area contributed by atoms with Gasteiger partial charge in [-0.05, 0) is 13.8 Å². The van der Waals surface area contributed by atoms with Gasteiger partial charge in [0.15, 0.2) is 0 Å². The Kier molecular flexibility index (Phi) is 4.23. The topological polar surface area (TPSA) is 73.1 Å². The number of rotatable bonds is 4. The van der Waals surface area contributed by atoms with Crippen LogP contribution in [0.15, 0.2) is 0 Å². The van der Waals surface area contributed by atoms with E-state index in [1.165, 1.54) is 0 Å². The molecular weight excluding hydrogens is 144 g/mol. The van der Waals surface area contributed by atoms with E-state index in [0.29, 0.717) is 6.42 Å². The van der Waals surface area contributed by atoms with Gasteiger partial charge in [-0.25, -0.2) is 0 Å². The molecule has 2 atom stereocenters. The van der Waals surface area contributed by atoms with Crippen LogP contribution in [-0.4, -0.2) is 23.2 Å². The van der Waals surface area contributed by atoms with Gasteiger partial charge in [0.1, 0.15) is 6.04 Å². The van der Waals surface area contributed by atoms with Crippen molar-refractivity contribution in [3.63, 3.8) is 0 Å². The summed E-state index contributed by atoms with van der Waals surface area (Å²) in [6.45, 7) is 3.33. The zero-order valence-electron chi connectivity index (χ0n) is 6.66. The normalized spacial score (nSPS) is 15.0. The third-order valence-corrected chi connectivity index (χ3v) is 1.30. The van der Waals surface area contributed by atoms with E-state index in [0.717, 1.165) is 0 Å². The van der Waals surface area contributed by atoms with Crippen LogP contribution in [0, 0.1) is 11.3 Å². The molecule has 0 radical (unpaired) electrons. The van der Waals surface area contributed by atoms with Crippen LogP contribution in [0.3, 0.4) is 0 Å². The van der Waals surface area contributed by atoms with Crippen LogP contribution in [0.25, 0.3) is 0 Å². The molecule has 0 amide bonds. The molecule has 0 aliphatic rings. The first-order valence-electron chi connectivity index (χ1n) is 3.43. The van der Waals surface area contributed by atoms with Gasteiger partial charge in [-0.15, -0.1) is 0 Å². The fourth-order valence-corrected chi connectivity index (χ4v) is 0.694. The second kappa shape index (κ2) is 4.69. The Morgan fingerprint density at radius 3 is 2.64 bits per heavy atom. The number of carboxylic acid groups (broad SMARTS) is 1. The summed E-state index contributed by atoms with van der Waals surface area (Å²) in [6.07, 6.45) is 0.331. The maximum Gasteiger partial charge on any atom is 0.320 e. The predicted octanol–water partition coefficient (Wildman–Crippen LogP) is 0.351. The van der Waals surface area contributed by atoms with E-state index in [1.807, 2.05) is 6.07 Å². The fraction of sp³-hybridized carbons (Fsp3) is 0.714. The molecule has 0 saturated heterocycles. The minimum Gasteiger partial charge on any atom is -0.480 e. The number of nitrogens with zero attached hydrogens (tertiary/aromatic N) is 1. The molecule has 0 aliphatic heterocycles. The van der Waals surface area contributed by atoms with Gasteiger partial charge in [-0.2, -0.15) is 5.26 Å². The van der Waals surface area contributed by atoms with Crippen molar-refractivity contribution in [3.05, 3.63) is 0 Å². The second-order valence-corrected chi connectivity index (χ2v) is 2.49. The van der Waals surface area contributed by atoms with Crippen LogP contribution in [0.4, 0.5) is 0 Å². The summed E-state index contributed by atoms with van der Waals surface area (Å²) in [5.41, 5.74) is 0. The second-order valence-electron chi connectivity index (χ2n) is 2.49. The molecule has 2 N–H and O–H groups in total. The van der Waals surface area contributed by atoms with Crippen LogP contribution in [0.5, 0.6) is 0 Å². The lowest BCUT2D eigenvalue weighted by molar-refractivity contribution is -0.139. The molecule has 62 valence electrons. The first kappa shape index (κ1) is 9.92. The summed E-state index contributed by atoms with van der Waals surface area (Å²) in [7, 11) is 0. The van der Waals surface area contributed by atoms with Crippen LogP contribution < -0.4 is 5.32 Å². The highest BCUT2D eigenvalue weighted by Gasteiger charge is 2.12. The van der Waals surface area contributed by atoms with Crippen LogP contribution in [0.2, 0.25) is 0 Å². The Bertz CT molecular complexity index is 174. The third kappa shape index (κ3) is 4.34. The maximum absolute atomic E-state index is 10.3. The van der Waals surface area contributed by atoms with Crippen molar-refractivity contribution in [2.75, 3.05) is 0 Å². The van der Waals surface area contributed by atoms with E-state index >= 15 is 0 Å². The van der Waals surface area contributed by atoms with Crippen LogP contribution >= 0.6 is 0 Å². The van der Waals surface area contributed by atoms with Crippen molar-refractivity contribution in [2.24, 2.45) is 0 Å². The van der Waals surface area contributed by atoms with E-state index in [1.54, 1.807) is 13.8 Å². The van der Waals surface area contributed by atoms with Crippen molar-refractivity contribution in [1.82, 2.24) is 5.32 Å². The largest absolute Gasteiger partial charge is 0.480 e. The van der Waals surface area contributed by atoms with Gasteiger partial charge in [0.05, 0.1) is 12.5 Å². The number of hydrogen-bond acceptors (Lipinski definition) is 3. The van der Waals surface area contributed by atoms with Crippen molar-refractivity contribution in [2.45, 2.75) is 32.4 Å². The summed E-state index contributed by atoms with van der Waals surface area (Å²) in [6, 6.07) is 1.31. The van der Waals surface area contributed by atoms with E-state index in [4.69, 9.17) is 10.4 Å². The van der Waals surface area contributed by atoms with Gasteiger partial charge in [0, 0.05) is 6.04 Å². The Morgan fingerprint density at radius 1 is 1.73 bits per heavy atom. The number of nitriles is 1. The molecule has 0 bridgehead atoms. The number of carboxylic acids is 1. The lowest BCUT2D eigenvalue weighted by atomic mass is 10.2. The molecule has 0 spiro atoms. The van der Waals surface area contributed by atoms with Crippen molar-refractivity contribution >= 4 is 5.97 Å². The van der Waals surface area contributed by atoms with E-state index in [2.05, 4.69) is 5.32 Å². The van der Waals surface area contributed by atoms with Gasteiger partial charge in [0.25, 0.3) is 0 Å². The summed E-state index contributed by atoms with van der Waals surface area (Å²) in [5, 5.41) is 19.5. The van der Waals surface area contributed by atoms with Gasteiger partial charge < -0.3 is 10.4 Å². The number of hydrogen-bond donors (Lipinski definition) is 2. The number of aliphatic carboxylic acids is 1. The van der Waals surface area contributed by atoms with E-state index in [9.17, 15) is 4.79 Å². The van der Waals surface area contributed by atoms with Gasteiger partial charge in [0.2, 0.25) is 0 Å². The zero-order valence-corrected chi connectivity index (χ0v) is 6.66. The van der Waals surface area contributed by atoms with Crippen LogP contribution in [0.1, 0.15) is 20.3 Å². The molecular formula is C7H12N2O2. The highest BCUT2D eigenvalue weighted by Crippen LogP contribution is 1.91. The smallest absolute Gasteiger partial charge is 0.320 e. The predicted molar refractivity (Wildman–Crippen MR) is 39.9 cm³/mol. The standard InChI is InChI=1S/C7H12N2O2/c1-5(3-4-8)9-6(2)7(10)11/h5-6,9H,3H2,1-2H3,(H,10,11). The van der Waals surface area contributed by atoms with Crippen LogP contribution in [-0.2, 0) is 4.79 Å². The quantitative estimate of drug-likeness (QED) is 0.616. The SMILES string of the molecule is CC(CC#N)NC(C)C(=O)O. The first-order valence-corrected chi connectivity index (χ1v) is 3.43. The zero-order chi connectivity index (χ0) is 8.85. The summed E-state index contributed by atoms with van der Waals surface area (Å²) in [4.78, 5) is 10.3. The Balaban J connectivity index is 3.67. The highest BCUT2D eigenvalue weighted by molar-refractivity contribution is 5.72. The Morgan fingerprint density at radius 2 is 2.27 bits per heavy atom. The lowest BCUT2D eigenvalue weighted by Crippen LogP contribution is -2.39. The molecule has 0 aromatic rings. The minimum atomic E-state index is -0.894. The monoisotopic (exact) mass is 156 g/mol. The third-order valence-electron chi connectivity index (χ3n) is 1.30. The Labute approximate surface area is 65.8 Å². The molecule has 0 aromatic heterocycles. The molecule has 4 nitrogen and oxygen atoms in total. The minimum absolute atomic E-state index is 0.0638. The molecule has 0 aliphatic carbocycles. The Hall–Kier alpha value is -1.08. The van der Waals surface area contributed by atoms with Gasteiger partial charge in [-0.1, -0.05) is 0 Å². The van der Waals surface area contributed by atoms with Crippen molar-refractivity contribution < 1.29 is 9.90 Å². The molecule has 0 fully saturated rings. The first-order chi connectivity index (χ1) is 5.07. The average molecular weight is 156 g/mol. The molecule has 0 saturated carbocycles. The molecule has 0 heterocycles. The molecule has 0 rings (SSSR count). The van der Waals surface area contributed by atoms with Gasteiger partial charge >= 0.3 is 5.97 Å². The summed E-state index contributed by atoms with van der Waals surface area (Å²) in [5.74, 6) is -0.894. The molecule has 11 heavy (non-hydrogen) atoms. The summed E-state index contributed by atoms with van der Waals surface area (Å²) < 4.78 is 0. The lowest BCUT2D eigenvalue weighted by Gasteiger charge is -2.13. The van der Waals surface area contributed by atoms with Crippen molar-refractivity contribution in [1.29, 1.82) is 5.26 Å². The fourth-order valence-electron chi connectivity index (χ4n) is 0.694. The summed E-state index contributed by atoms with van der Waals surface area (Å²) >= 11 is 0. The number of carbonyl (C=O) groups is 1. The van der Waals surface area contributed by atoms with E-state index in [-0.39, 0.29) is 6.04 Å². The number of nitrogens with one attached hydrogen (secondary N) is 1. The average Bonchev–Trinajstić information content (AvgIpc) is 1.87. The highest BCUT2D eigenvalue weighted by atomic mass is 16.4.